The molecule has 1 aliphatic carbocycles. The Morgan fingerprint density at radius 1 is 1.00 bits per heavy atom. The highest BCUT2D eigenvalue weighted by atomic mass is 16.2. The average Bonchev–Trinajstić information content (AvgIpc) is 3.59. The fourth-order valence-corrected chi connectivity index (χ4v) is 4.82. The molecule has 1 saturated carbocycles. The van der Waals surface area contributed by atoms with E-state index in [9.17, 15) is 24.0 Å². The zero-order valence-corrected chi connectivity index (χ0v) is 23.0. The van der Waals surface area contributed by atoms with Crippen molar-refractivity contribution >= 4 is 29.4 Å². The van der Waals surface area contributed by atoms with Gasteiger partial charge in [-0.1, -0.05) is 58.0 Å². The van der Waals surface area contributed by atoms with E-state index in [2.05, 4.69) is 21.3 Å². The monoisotopic (exact) mass is 526 g/mol. The lowest BCUT2D eigenvalue weighted by molar-refractivity contribution is -0.141. The zero-order chi connectivity index (χ0) is 27.9. The molecular formula is C29H42N4O5. The van der Waals surface area contributed by atoms with E-state index in [0.717, 1.165) is 24.8 Å². The Balaban J connectivity index is 1.72. The van der Waals surface area contributed by atoms with Gasteiger partial charge in [0.15, 0.2) is 0 Å². The van der Waals surface area contributed by atoms with Gasteiger partial charge in [0.25, 0.3) is 5.91 Å². The molecule has 0 radical (unpaired) electrons. The second kappa shape index (κ2) is 13.0. The first-order valence-corrected chi connectivity index (χ1v) is 13.7. The fraction of sp³-hybridized carbons (Fsp3) is 0.621. The van der Waals surface area contributed by atoms with Crippen molar-refractivity contribution in [1.82, 2.24) is 21.3 Å². The van der Waals surface area contributed by atoms with Crippen LogP contribution in [0.5, 0.6) is 0 Å². The lowest BCUT2D eigenvalue weighted by Gasteiger charge is -2.28. The second-order valence-corrected chi connectivity index (χ2v) is 11.8. The van der Waals surface area contributed by atoms with E-state index in [1.54, 1.807) is 0 Å². The van der Waals surface area contributed by atoms with Gasteiger partial charge in [-0.25, -0.2) is 0 Å². The maximum Gasteiger partial charge on any atom is 0.289 e. The molecule has 1 aromatic carbocycles. The quantitative estimate of drug-likeness (QED) is 0.293. The Morgan fingerprint density at radius 3 is 2.24 bits per heavy atom. The summed E-state index contributed by atoms with van der Waals surface area (Å²) in [4.78, 5) is 64.4. The summed E-state index contributed by atoms with van der Waals surface area (Å²) >= 11 is 0. The highest BCUT2D eigenvalue weighted by Gasteiger charge is 2.37. The molecule has 208 valence electrons. The molecule has 0 spiro atoms. The topological polar surface area (TPSA) is 133 Å². The third-order valence-corrected chi connectivity index (χ3v) is 7.12. The number of amides is 4. The molecule has 4 amide bonds. The van der Waals surface area contributed by atoms with Gasteiger partial charge in [0.2, 0.25) is 23.5 Å². The maximum atomic E-state index is 13.5. The SMILES string of the molecule is CC[C@H](CC(=O)N[C@@H](CC(C)(C)C)C(=O)NC(C[C@@H]1CCNC1=O)C(=O)C(=O)NC1CC1)c1ccccc1. The normalized spacial score (nSPS) is 19.6. The number of carbonyl (C=O) groups is 5. The predicted molar refractivity (Wildman–Crippen MR) is 144 cm³/mol. The Kier molecular flexibility index (Phi) is 10.1. The van der Waals surface area contributed by atoms with Crippen molar-refractivity contribution in [2.75, 3.05) is 6.54 Å². The summed E-state index contributed by atoms with van der Waals surface area (Å²) < 4.78 is 0. The molecule has 9 nitrogen and oxygen atoms in total. The van der Waals surface area contributed by atoms with Gasteiger partial charge in [-0.3, -0.25) is 24.0 Å². The van der Waals surface area contributed by atoms with E-state index in [-0.39, 0.29) is 42.0 Å². The lowest BCUT2D eigenvalue weighted by Crippen LogP contribution is -2.55. The van der Waals surface area contributed by atoms with Crippen molar-refractivity contribution < 1.29 is 24.0 Å². The second-order valence-electron chi connectivity index (χ2n) is 11.8. The molecule has 0 bridgehead atoms. The van der Waals surface area contributed by atoms with Gasteiger partial charge in [0, 0.05) is 24.9 Å². The van der Waals surface area contributed by atoms with E-state index in [1.807, 2.05) is 58.0 Å². The molecule has 2 aliphatic rings. The molecule has 38 heavy (non-hydrogen) atoms. The molecule has 3 rings (SSSR count). The van der Waals surface area contributed by atoms with Crippen LogP contribution >= 0.6 is 0 Å². The predicted octanol–water partition coefficient (Wildman–Crippen LogP) is 2.35. The van der Waals surface area contributed by atoms with Crippen LogP contribution < -0.4 is 21.3 Å². The fourth-order valence-electron chi connectivity index (χ4n) is 4.82. The Morgan fingerprint density at radius 2 is 1.68 bits per heavy atom. The number of carbonyl (C=O) groups excluding carboxylic acids is 5. The minimum atomic E-state index is -1.15. The number of hydrogen-bond acceptors (Lipinski definition) is 5. The summed E-state index contributed by atoms with van der Waals surface area (Å²) in [6.07, 6.45) is 3.54. The summed E-state index contributed by atoms with van der Waals surface area (Å²) in [5.74, 6) is -2.94. The first kappa shape index (κ1) is 29.3. The van der Waals surface area contributed by atoms with E-state index in [0.29, 0.717) is 19.4 Å². The molecule has 1 heterocycles. The zero-order valence-electron chi connectivity index (χ0n) is 23.0. The smallest absolute Gasteiger partial charge is 0.289 e. The summed E-state index contributed by atoms with van der Waals surface area (Å²) in [5, 5.41) is 11.0. The first-order valence-electron chi connectivity index (χ1n) is 13.7. The van der Waals surface area contributed by atoms with Gasteiger partial charge in [-0.05, 0) is 55.4 Å². The first-order chi connectivity index (χ1) is 18.0. The molecule has 1 aromatic rings. The molecule has 4 N–H and O–H groups in total. The van der Waals surface area contributed by atoms with Crippen molar-refractivity contribution in [1.29, 1.82) is 0 Å². The Labute approximate surface area is 225 Å². The minimum Gasteiger partial charge on any atom is -0.356 e. The van der Waals surface area contributed by atoms with Crippen LogP contribution in [-0.2, 0) is 24.0 Å². The van der Waals surface area contributed by atoms with Gasteiger partial charge in [0.05, 0.1) is 6.04 Å². The van der Waals surface area contributed by atoms with Crippen molar-refractivity contribution in [2.45, 2.75) is 96.7 Å². The van der Waals surface area contributed by atoms with Crippen molar-refractivity contribution in [3.8, 4) is 0 Å². The highest BCUT2D eigenvalue weighted by Crippen LogP contribution is 2.25. The summed E-state index contributed by atoms with van der Waals surface area (Å²) in [6.45, 7) is 8.41. The van der Waals surface area contributed by atoms with Crippen molar-refractivity contribution in [2.24, 2.45) is 11.3 Å². The van der Waals surface area contributed by atoms with Gasteiger partial charge in [0.1, 0.15) is 6.04 Å². The average molecular weight is 527 g/mol. The molecular weight excluding hydrogens is 484 g/mol. The molecule has 4 atom stereocenters. The van der Waals surface area contributed by atoms with Crippen LogP contribution in [0.3, 0.4) is 0 Å². The number of Topliss-reactive ketones (excluding diaryl/α,β-unsaturated/α-hetero) is 1. The summed E-state index contributed by atoms with van der Waals surface area (Å²) in [5.41, 5.74) is 0.761. The number of nitrogens with one attached hydrogen (secondary N) is 4. The van der Waals surface area contributed by atoms with Gasteiger partial charge >= 0.3 is 0 Å². The number of rotatable bonds is 13. The minimum absolute atomic E-state index is 0.0101. The van der Waals surface area contributed by atoms with E-state index < -0.39 is 35.6 Å². The molecule has 9 heteroatoms. The standard InChI is InChI=1S/C29H42N4O5/c1-5-18(19-9-7-6-8-10-19)16-24(34)32-23(17-29(2,3)4)27(37)33-22(15-20-13-14-30-26(20)36)25(35)28(38)31-21-11-12-21/h6-10,18,20-23H,5,11-17H2,1-4H3,(H,30,36)(H,31,38)(H,32,34)(H,33,37)/t18-,20+,22?,23+/m1/s1. The van der Waals surface area contributed by atoms with Gasteiger partial charge in [-0.15, -0.1) is 0 Å². The van der Waals surface area contributed by atoms with E-state index in [4.69, 9.17) is 0 Å². The number of hydrogen-bond donors (Lipinski definition) is 4. The number of ketones is 1. The largest absolute Gasteiger partial charge is 0.356 e. The van der Waals surface area contributed by atoms with Crippen molar-refractivity contribution in [3.05, 3.63) is 35.9 Å². The van der Waals surface area contributed by atoms with Crippen LogP contribution in [0.2, 0.25) is 0 Å². The van der Waals surface area contributed by atoms with Crippen LogP contribution in [-0.4, -0.2) is 54.1 Å². The molecule has 1 unspecified atom stereocenters. The number of benzene rings is 1. The Bertz CT molecular complexity index is 1020. The third-order valence-electron chi connectivity index (χ3n) is 7.12. The summed E-state index contributed by atoms with van der Waals surface area (Å²) in [6, 6.07) is 7.72. The molecule has 2 fully saturated rings. The van der Waals surface area contributed by atoms with Crippen LogP contribution in [0.4, 0.5) is 0 Å². The highest BCUT2D eigenvalue weighted by molar-refractivity contribution is 6.38. The maximum absolute atomic E-state index is 13.5. The van der Waals surface area contributed by atoms with E-state index >= 15 is 0 Å². The van der Waals surface area contributed by atoms with Gasteiger partial charge in [-0.2, -0.15) is 0 Å². The van der Waals surface area contributed by atoms with Crippen LogP contribution in [0.15, 0.2) is 30.3 Å². The molecule has 0 aromatic heterocycles. The van der Waals surface area contributed by atoms with Crippen LogP contribution in [0.25, 0.3) is 0 Å². The Hall–Kier alpha value is -3.23. The van der Waals surface area contributed by atoms with Crippen molar-refractivity contribution in [3.63, 3.8) is 0 Å². The lowest BCUT2D eigenvalue weighted by atomic mass is 9.87. The van der Waals surface area contributed by atoms with Gasteiger partial charge < -0.3 is 21.3 Å². The van der Waals surface area contributed by atoms with E-state index in [1.165, 1.54) is 0 Å². The summed E-state index contributed by atoms with van der Waals surface area (Å²) in [7, 11) is 0. The molecule has 1 saturated heterocycles. The molecule has 1 aliphatic heterocycles. The third kappa shape index (κ3) is 8.96. The van der Waals surface area contributed by atoms with Crippen LogP contribution in [0.1, 0.15) is 84.1 Å². The van der Waals surface area contributed by atoms with Crippen LogP contribution in [0, 0.1) is 11.3 Å².